The van der Waals surface area contributed by atoms with E-state index in [2.05, 4.69) is 28.6 Å². The highest BCUT2D eigenvalue weighted by Crippen LogP contribution is 2.24. The van der Waals surface area contributed by atoms with Crippen LogP contribution < -0.4 is 16.4 Å². The lowest BCUT2D eigenvalue weighted by atomic mass is 10.3. The maximum absolute atomic E-state index is 5.58. The van der Waals surface area contributed by atoms with Gasteiger partial charge in [-0.3, -0.25) is 0 Å². The number of nitrogens with zero attached hydrogens (tertiary/aromatic N) is 1. The van der Waals surface area contributed by atoms with E-state index in [1.807, 2.05) is 6.07 Å². The number of nitrogens with one attached hydrogen (secondary N) is 2. The van der Waals surface area contributed by atoms with E-state index in [9.17, 15) is 0 Å². The number of rotatable bonds is 1. The fourth-order valence-corrected chi connectivity index (χ4v) is 2.30. The summed E-state index contributed by atoms with van der Waals surface area (Å²) in [4.78, 5) is 6.58. The first-order valence-electron chi connectivity index (χ1n) is 4.12. The summed E-state index contributed by atoms with van der Waals surface area (Å²) in [5.74, 6) is 0.366. The Morgan fingerprint density at radius 3 is 2.93 bits per heavy atom. The Labute approximate surface area is 91.2 Å². The van der Waals surface area contributed by atoms with Crippen LogP contribution in [0.3, 0.4) is 0 Å². The second kappa shape index (κ2) is 3.55. The van der Waals surface area contributed by atoms with Crippen molar-refractivity contribution in [2.75, 3.05) is 0 Å². The molecule has 1 aromatic heterocycles. The molecule has 1 aromatic rings. The molecule has 1 aliphatic heterocycles. The Morgan fingerprint density at radius 2 is 2.36 bits per heavy atom. The van der Waals surface area contributed by atoms with Crippen molar-refractivity contribution in [2.24, 2.45) is 10.7 Å². The lowest BCUT2D eigenvalue weighted by molar-refractivity contribution is 0.672. The van der Waals surface area contributed by atoms with E-state index in [1.165, 1.54) is 4.88 Å². The zero-order valence-corrected chi connectivity index (χ0v) is 9.21. The van der Waals surface area contributed by atoms with Crippen molar-refractivity contribution in [3.63, 3.8) is 0 Å². The normalized spacial score (nSPS) is 21.1. The molecule has 0 saturated heterocycles. The lowest BCUT2D eigenvalue weighted by Gasteiger charge is -2.21. The SMILES string of the molecule is Cc1ccc([C@H]2N=C(N)NC(=S)N2)s1. The van der Waals surface area contributed by atoms with Gasteiger partial charge in [-0.15, -0.1) is 11.3 Å². The fourth-order valence-electron chi connectivity index (χ4n) is 1.22. The Hall–Kier alpha value is -1.14. The van der Waals surface area contributed by atoms with Gasteiger partial charge >= 0.3 is 0 Å². The summed E-state index contributed by atoms with van der Waals surface area (Å²) in [5.41, 5.74) is 5.58. The third kappa shape index (κ3) is 1.85. The molecule has 0 aliphatic carbocycles. The quantitative estimate of drug-likeness (QED) is 0.621. The second-order valence-corrected chi connectivity index (χ2v) is 4.69. The summed E-state index contributed by atoms with van der Waals surface area (Å²) in [7, 11) is 0. The van der Waals surface area contributed by atoms with Gasteiger partial charge in [0.2, 0.25) is 0 Å². The van der Waals surface area contributed by atoms with Crippen molar-refractivity contribution >= 4 is 34.6 Å². The molecule has 0 aromatic carbocycles. The summed E-state index contributed by atoms with van der Waals surface area (Å²) < 4.78 is 0. The van der Waals surface area contributed by atoms with E-state index >= 15 is 0 Å². The Kier molecular flexibility index (Phi) is 2.39. The van der Waals surface area contributed by atoms with Crippen LogP contribution >= 0.6 is 23.6 Å². The average Bonchev–Trinajstić information content (AvgIpc) is 2.50. The van der Waals surface area contributed by atoms with Gasteiger partial charge in [-0.1, -0.05) is 0 Å². The molecule has 2 heterocycles. The molecular formula is C8H10N4S2. The first kappa shape index (κ1) is 9.42. The largest absolute Gasteiger partial charge is 0.370 e. The minimum atomic E-state index is -0.137. The van der Waals surface area contributed by atoms with E-state index in [-0.39, 0.29) is 6.17 Å². The third-order valence-corrected chi connectivity index (χ3v) is 3.08. The van der Waals surface area contributed by atoms with Crippen molar-refractivity contribution in [2.45, 2.75) is 13.1 Å². The molecular weight excluding hydrogens is 216 g/mol. The van der Waals surface area contributed by atoms with Gasteiger partial charge in [-0.05, 0) is 31.3 Å². The first-order valence-corrected chi connectivity index (χ1v) is 5.35. The summed E-state index contributed by atoms with van der Waals surface area (Å²) in [6.07, 6.45) is -0.137. The van der Waals surface area contributed by atoms with E-state index < -0.39 is 0 Å². The molecule has 0 spiro atoms. The van der Waals surface area contributed by atoms with Gasteiger partial charge < -0.3 is 16.4 Å². The molecule has 0 amide bonds. The molecule has 0 unspecified atom stereocenters. The van der Waals surface area contributed by atoms with Gasteiger partial charge in [0.05, 0.1) is 0 Å². The van der Waals surface area contributed by atoms with Gasteiger partial charge in [-0.25, -0.2) is 4.99 Å². The first-order chi connectivity index (χ1) is 6.65. The third-order valence-electron chi connectivity index (χ3n) is 1.81. The number of guanidine groups is 1. The maximum atomic E-state index is 5.58. The standard InChI is InChI=1S/C8H10N4S2/c1-4-2-3-5(14-4)6-10-7(9)12-8(13)11-6/h2-3,6H,1H3,(H4,9,10,11,12,13)/t6-/m0/s1. The number of aliphatic imine (C=N–C) groups is 1. The van der Waals surface area contributed by atoms with E-state index in [0.29, 0.717) is 11.1 Å². The zero-order valence-electron chi connectivity index (χ0n) is 7.57. The molecule has 0 bridgehead atoms. The van der Waals surface area contributed by atoms with Crippen LogP contribution in [0.2, 0.25) is 0 Å². The monoisotopic (exact) mass is 226 g/mol. The second-order valence-electron chi connectivity index (χ2n) is 2.96. The summed E-state index contributed by atoms with van der Waals surface area (Å²) >= 11 is 6.67. The van der Waals surface area contributed by atoms with E-state index in [1.54, 1.807) is 11.3 Å². The number of aryl methyl sites for hydroxylation is 1. The van der Waals surface area contributed by atoms with Gasteiger partial charge in [0.25, 0.3) is 0 Å². The highest BCUT2D eigenvalue weighted by Gasteiger charge is 2.18. The molecule has 74 valence electrons. The van der Waals surface area contributed by atoms with Crippen LogP contribution in [0.5, 0.6) is 0 Å². The predicted octanol–water partition coefficient (Wildman–Crippen LogP) is 0.848. The van der Waals surface area contributed by atoms with Gasteiger partial charge in [0.15, 0.2) is 17.2 Å². The van der Waals surface area contributed by atoms with E-state index in [4.69, 9.17) is 18.0 Å². The minimum Gasteiger partial charge on any atom is -0.370 e. The van der Waals surface area contributed by atoms with Crippen LogP contribution in [-0.2, 0) is 0 Å². The van der Waals surface area contributed by atoms with Crippen molar-refractivity contribution < 1.29 is 0 Å². The van der Waals surface area contributed by atoms with Gasteiger partial charge in [0, 0.05) is 9.75 Å². The molecule has 0 saturated carbocycles. The van der Waals surface area contributed by atoms with Crippen LogP contribution in [0.4, 0.5) is 0 Å². The highest BCUT2D eigenvalue weighted by atomic mass is 32.1. The summed E-state index contributed by atoms with van der Waals surface area (Å²) in [5, 5.41) is 6.30. The molecule has 14 heavy (non-hydrogen) atoms. The van der Waals surface area contributed by atoms with E-state index in [0.717, 1.165) is 4.88 Å². The van der Waals surface area contributed by atoms with Crippen LogP contribution in [0.1, 0.15) is 15.9 Å². The predicted molar refractivity (Wildman–Crippen MR) is 62.3 cm³/mol. The molecule has 6 heteroatoms. The number of thiophene rings is 1. The topological polar surface area (TPSA) is 62.4 Å². The summed E-state index contributed by atoms with van der Waals surface area (Å²) in [6.45, 7) is 2.06. The van der Waals surface area contributed by atoms with Gasteiger partial charge in [0.1, 0.15) is 0 Å². The Morgan fingerprint density at radius 1 is 1.57 bits per heavy atom. The molecule has 4 N–H and O–H groups in total. The average molecular weight is 226 g/mol. The molecule has 4 nitrogen and oxygen atoms in total. The number of nitrogens with two attached hydrogens (primary N) is 1. The highest BCUT2D eigenvalue weighted by molar-refractivity contribution is 7.80. The van der Waals surface area contributed by atoms with Crippen LogP contribution in [0, 0.1) is 6.92 Å². The minimum absolute atomic E-state index is 0.137. The van der Waals surface area contributed by atoms with Crippen molar-refractivity contribution in [1.29, 1.82) is 0 Å². The van der Waals surface area contributed by atoms with Crippen molar-refractivity contribution in [1.82, 2.24) is 10.6 Å². The molecule has 0 radical (unpaired) electrons. The number of hydrogen-bond acceptors (Lipinski definition) is 4. The van der Waals surface area contributed by atoms with Crippen molar-refractivity contribution in [3.8, 4) is 0 Å². The number of thiocarbonyl (C=S) groups is 1. The lowest BCUT2D eigenvalue weighted by Crippen LogP contribution is -2.49. The molecule has 0 fully saturated rings. The van der Waals surface area contributed by atoms with Crippen LogP contribution in [0.15, 0.2) is 17.1 Å². The maximum Gasteiger partial charge on any atom is 0.197 e. The van der Waals surface area contributed by atoms with Crippen molar-refractivity contribution in [3.05, 3.63) is 21.9 Å². The fraction of sp³-hybridized carbons (Fsp3) is 0.250. The summed E-state index contributed by atoms with van der Waals surface area (Å²) in [6, 6.07) is 4.08. The molecule has 2 rings (SSSR count). The van der Waals surface area contributed by atoms with Gasteiger partial charge in [-0.2, -0.15) is 0 Å². The smallest absolute Gasteiger partial charge is 0.197 e. The number of hydrogen-bond donors (Lipinski definition) is 3. The molecule has 1 atom stereocenters. The molecule has 1 aliphatic rings. The van der Waals surface area contributed by atoms with Crippen LogP contribution in [-0.4, -0.2) is 11.1 Å². The Bertz CT molecular complexity index is 396. The Balaban J connectivity index is 2.27. The van der Waals surface area contributed by atoms with Crippen LogP contribution in [0.25, 0.3) is 0 Å². The zero-order chi connectivity index (χ0) is 10.1.